The van der Waals surface area contributed by atoms with Gasteiger partial charge in [-0.1, -0.05) is 6.07 Å². The van der Waals surface area contributed by atoms with E-state index >= 15 is 0 Å². The van der Waals surface area contributed by atoms with E-state index in [0.717, 1.165) is 55.4 Å². The van der Waals surface area contributed by atoms with Crippen LogP contribution in [0.3, 0.4) is 0 Å². The highest BCUT2D eigenvalue weighted by atomic mass is 16.5. The van der Waals surface area contributed by atoms with Crippen molar-refractivity contribution in [2.75, 3.05) is 47.1 Å². The summed E-state index contributed by atoms with van der Waals surface area (Å²) >= 11 is 0. The third-order valence-electron chi connectivity index (χ3n) is 5.50. The molecule has 4 rings (SSSR count). The Morgan fingerprint density at radius 1 is 1.10 bits per heavy atom. The molecule has 1 aromatic heterocycles. The largest absolute Gasteiger partial charge is 0.497 e. The highest BCUT2D eigenvalue weighted by Gasteiger charge is 2.24. The zero-order valence-corrected chi connectivity index (χ0v) is 17.1. The van der Waals surface area contributed by atoms with Crippen LogP contribution in [-0.2, 0) is 24.4 Å². The number of aromatic nitrogens is 2. The summed E-state index contributed by atoms with van der Waals surface area (Å²) in [5, 5.41) is 4.60. The highest BCUT2D eigenvalue weighted by Crippen LogP contribution is 2.27. The van der Waals surface area contributed by atoms with Crippen molar-refractivity contribution < 1.29 is 19.0 Å². The zero-order chi connectivity index (χ0) is 20.2. The molecule has 8 nitrogen and oxygen atoms in total. The van der Waals surface area contributed by atoms with Crippen molar-refractivity contribution in [3.8, 4) is 11.5 Å². The van der Waals surface area contributed by atoms with E-state index in [4.69, 9.17) is 14.2 Å². The number of amides is 1. The molecular weight excluding hydrogens is 372 g/mol. The Balaban J connectivity index is 1.48. The fraction of sp³-hybridized carbons (Fsp3) is 0.524. The number of ether oxygens (including phenoxy) is 3. The Bertz CT molecular complexity index is 860. The molecule has 2 aromatic rings. The van der Waals surface area contributed by atoms with Gasteiger partial charge >= 0.3 is 0 Å². The lowest BCUT2D eigenvalue weighted by Crippen LogP contribution is -2.40. The molecule has 1 aromatic carbocycles. The van der Waals surface area contributed by atoms with Crippen LogP contribution in [0.4, 0.5) is 0 Å². The number of methoxy groups -OCH3 is 2. The second kappa shape index (κ2) is 8.84. The topological polar surface area (TPSA) is 69.1 Å². The quantitative estimate of drug-likeness (QED) is 0.762. The van der Waals surface area contributed by atoms with Crippen LogP contribution in [-0.4, -0.2) is 72.6 Å². The maximum atomic E-state index is 12.8. The Morgan fingerprint density at radius 3 is 2.69 bits per heavy atom. The molecule has 29 heavy (non-hydrogen) atoms. The SMILES string of the molecule is COc1ccc(CN2CCCn3nc(C(=O)N4CCOCC4)cc3C2)c(OC)c1. The molecule has 2 aliphatic rings. The van der Waals surface area contributed by atoms with Crippen LogP contribution < -0.4 is 9.47 Å². The number of hydrogen-bond donors (Lipinski definition) is 0. The molecular formula is C21H28N4O4. The second-order valence-electron chi connectivity index (χ2n) is 7.39. The Labute approximate surface area is 170 Å². The molecule has 1 fully saturated rings. The molecule has 1 saturated heterocycles. The molecule has 8 heteroatoms. The molecule has 3 heterocycles. The van der Waals surface area contributed by atoms with Gasteiger partial charge in [0.1, 0.15) is 11.5 Å². The Morgan fingerprint density at radius 2 is 1.93 bits per heavy atom. The highest BCUT2D eigenvalue weighted by molar-refractivity contribution is 5.92. The minimum Gasteiger partial charge on any atom is -0.497 e. The van der Waals surface area contributed by atoms with Crippen LogP contribution in [0.2, 0.25) is 0 Å². The van der Waals surface area contributed by atoms with E-state index in [1.165, 1.54) is 0 Å². The van der Waals surface area contributed by atoms with Gasteiger partial charge in [0.25, 0.3) is 5.91 Å². The number of hydrogen-bond acceptors (Lipinski definition) is 6. The number of morpholine rings is 1. The van der Waals surface area contributed by atoms with Gasteiger partial charge in [-0.3, -0.25) is 14.4 Å². The van der Waals surface area contributed by atoms with Crippen molar-refractivity contribution in [2.45, 2.75) is 26.1 Å². The number of fused-ring (bicyclic) bond motifs is 1. The Kier molecular flexibility index (Phi) is 6.01. The van der Waals surface area contributed by atoms with Gasteiger partial charge in [0, 0.05) is 50.9 Å². The molecule has 0 saturated carbocycles. The van der Waals surface area contributed by atoms with Crippen LogP contribution in [0.5, 0.6) is 11.5 Å². The van der Waals surface area contributed by atoms with E-state index < -0.39 is 0 Å². The number of aryl methyl sites for hydroxylation is 1. The predicted molar refractivity (Wildman–Crippen MR) is 107 cm³/mol. The summed E-state index contributed by atoms with van der Waals surface area (Å²) < 4.78 is 18.2. The molecule has 0 aliphatic carbocycles. The smallest absolute Gasteiger partial charge is 0.274 e. The summed E-state index contributed by atoms with van der Waals surface area (Å²) in [7, 11) is 3.33. The van der Waals surface area contributed by atoms with Crippen molar-refractivity contribution in [1.29, 1.82) is 0 Å². The lowest BCUT2D eigenvalue weighted by molar-refractivity contribution is 0.0298. The van der Waals surface area contributed by atoms with E-state index in [9.17, 15) is 4.79 Å². The van der Waals surface area contributed by atoms with Gasteiger partial charge in [0.2, 0.25) is 0 Å². The van der Waals surface area contributed by atoms with E-state index in [-0.39, 0.29) is 5.91 Å². The standard InChI is InChI=1S/C21H28N4O4/c1-27-18-5-4-16(20(13-18)28-2)14-23-6-3-7-25-17(15-23)12-19(22-25)21(26)24-8-10-29-11-9-24/h4-5,12-13H,3,6-11,14-15H2,1-2H3. The van der Waals surface area contributed by atoms with E-state index in [2.05, 4.69) is 10.00 Å². The molecule has 0 unspecified atom stereocenters. The van der Waals surface area contributed by atoms with Crippen LogP contribution in [0.25, 0.3) is 0 Å². The van der Waals surface area contributed by atoms with Gasteiger partial charge in [-0.2, -0.15) is 5.10 Å². The molecule has 1 amide bonds. The molecule has 0 bridgehead atoms. The first-order valence-electron chi connectivity index (χ1n) is 10.0. The summed E-state index contributed by atoms with van der Waals surface area (Å²) in [6, 6.07) is 7.87. The summed E-state index contributed by atoms with van der Waals surface area (Å²) in [5.41, 5.74) is 2.73. The number of rotatable bonds is 5. The zero-order valence-electron chi connectivity index (χ0n) is 17.1. The lowest BCUT2D eigenvalue weighted by Gasteiger charge is -2.26. The first kappa shape index (κ1) is 19.7. The third-order valence-corrected chi connectivity index (χ3v) is 5.50. The minimum atomic E-state index is -0.00255. The van der Waals surface area contributed by atoms with Crippen molar-refractivity contribution in [3.63, 3.8) is 0 Å². The van der Waals surface area contributed by atoms with Gasteiger partial charge in [-0.15, -0.1) is 0 Å². The van der Waals surface area contributed by atoms with E-state index in [1.807, 2.05) is 33.8 Å². The molecule has 0 N–H and O–H groups in total. The molecule has 0 atom stereocenters. The summed E-state index contributed by atoms with van der Waals surface area (Å²) in [6.45, 7) is 5.75. The van der Waals surface area contributed by atoms with Gasteiger partial charge in [0.15, 0.2) is 5.69 Å². The average Bonchev–Trinajstić information content (AvgIpc) is 3.07. The molecule has 156 valence electrons. The van der Waals surface area contributed by atoms with Crippen molar-refractivity contribution in [1.82, 2.24) is 19.6 Å². The maximum Gasteiger partial charge on any atom is 0.274 e. The number of carbonyl (C=O) groups excluding carboxylic acids is 1. The normalized spacial score (nSPS) is 17.5. The van der Waals surface area contributed by atoms with Crippen LogP contribution >= 0.6 is 0 Å². The van der Waals surface area contributed by atoms with Gasteiger partial charge in [-0.25, -0.2) is 0 Å². The van der Waals surface area contributed by atoms with E-state index in [1.54, 1.807) is 14.2 Å². The van der Waals surface area contributed by atoms with Crippen molar-refractivity contribution in [2.24, 2.45) is 0 Å². The van der Waals surface area contributed by atoms with Gasteiger partial charge in [-0.05, 0) is 18.6 Å². The summed E-state index contributed by atoms with van der Waals surface area (Å²) in [6.07, 6.45) is 0.984. The fourth-order valence-electron chi connectivity index (χ4n) is 3.92. The van der Waals surface area contributed by atoms with Crippen LogP contribution in [0.15, 0.2) is 24.3 Å². The monoisotopic (exact) mass is 400 g/mol. The lowest BCUT2D eigenvalue weighted by atomic mass is 10.1. The summed E-state index contributed by atoms with van der Waals surface area (Å²) in [4.78, 5) is 17.0. The number of carbonyl (C=O) groups is 1. The third kappa shape index (κ3) is 4.38. The first-order valence-corrected chi connectivity index (χ1v) is 10.0. The van der Waals surface area contributed by atoms with Gasteiger partial charge < -0.3 is 19.1 Å². The molecule has 2 aliphatic heterocycles. The molecule has 0 radical (unpaired) electrons. The molecule has 0 spiro atoms. The number of benzene rings is 1. The van der Waals surface area contributed by atoms with Crippen molar-refractivity contribution >= 4 is 5.91 Å². The predicted octanol–water partition coefficient (Wildman–Crippen LogP) is 1.78. The van der Waals surface area contributed by atoms with Crippen LogP contribution in [0, 0.1) is 0 Å². The minimum absolute atomic E-state index is 0.00255. The number of nitrogens with zero attached hydrogens (tertiary/aromatic N) is 4. The first-order chi connectivity index (χ1) is 14.2. The second-order valence-corrected chi connectivity index (χ2v) is 7.39. The average molecular weight is 400 g/mol. The summed E-state index contributed by atoms with van der Waals surface area (Å²) in [5.74, 6) is 1.60. The Hall–Kier alpha value is -2.58. The van der Waals surface area contributed by atoms with Gasteiger partial charge in [0.05, 0.1) is 33.1 Å². The van der Waals surface area contributed by atoms with Crippen molar-refractivity contribution in [3.05, 3.63) is 41.2 Å². The maximum absolute atomic E-state index is 12.8. The fourth-order valence-corrected chi connectivity index (χ4v) is 3.92. The van der Waals surface area contributed by atoms with Crippen LogP contribution in [0.1, 0.15) is 28.2 Å². The van der Waals surface area contributed by atoms with E-state index in [0.29, 0.717) is 32.0 Å².